The lowest BCUT2D eigenvalue weighted by Crippen LogP contribution is -2.09. The number of fused-ring (bicyclic) bond motifs is 1. The molecule has 3 aromatic rings. The SMILES string of the molecule is NC(=S)c1ccnc(Oc2ccc(Cl)c3cccnc23)c1. The number of halogens is 1. The summed E-state index contributed by atoms with van der Waals surface area (Å²) in [7, 11) is 0. The van der Waals surface area contributed by atoms with Crippen LogP contribution in [0.15, 0.2) is 48.8 Å². The molecule has 104 valence electrons. The summed E-state index contributed by atoms with van der Waals surface area (Å²) in [5.74, 6) is 0.970. The molecule has 4 nitrogen and oxygen atoms in total. The molecule has 3 rings (SSSR count). The number of benzene rings is 1. The molecule has 0 saturated carbocycles. The summed E-state index contributed by atoms with van der Waals surface area (Å²) in [5.41, 5.74) is 6.97. The van der Waals surface area contributed by atoms with Gasteiger partial charge in [0, 0.05) is 29.4 Å². The third kappa shape index (κ3) is 2.79. The minimum atomic E-state index is 0.293. The van der Waals surface area contributed by atoms with Gasteiger partial charge in [-0.05, 0) is 30.3 Å². The van der Waals surface area contributed by atoms with Gasteiger partial charge in [0.15, 0.2) is 5.75 Å². The van der Waals surface area contributed by atoms with Crippen molar-refractivity contribution in [1.82, 2.24) is 9.97 Å². The van der Waals surface area contributed by atoms with Crippen LogP contribution in [0, 0.1) is 0 Å². The highest BCUT2D eigenvalue weighted by Gasteiger charge is 2.09. The van der Waals surface area contributed by atoms with Gasteiger partial charge in [0.25, 0.3) is 0 Å². The van der Waals surface area contributed by atoms with Gasteiger partial charge in [-0.15, -0.1) is 0 Å². The van der Waals surface area contributed by atoms with E-state index in [2.05, 4.69) is 9.97 Å². The Morgan fingerprint density at radius 3 is 2.81 bits per heavy atom. The van der Waals surface area contributed by atoms with Crippen molar-refractivity contribution in [2.75, 3.05) is 0 Å². The fourth-order valence-electron chi connectivity index (χ4n) is 1.93. The van der Waals surface area contributed by atoms with E-state index < -0.39 is 0 Å². The molecule has 1 aromatic carbocycles. The van der Waals surface area contributed by atoms with Crippen LogP contribution in [0.2, 0.25) is 5.02 Å². The molecule has 0 fully saturated rings. The van der Waals surface area contributed by atoms with E-state index >= 15 is 0 Å². The smallest absolute Gasteiger partial charge is 0.219 e. The third-order valence-electron chi connectivity index (χ3n) is 2.91. The summed E-state index contributed by atoms with van der Waals surface area (Å²) < 4.78 is 5.79. The zero-order chi connectivity index (χ0) is 14.8. The van der Waals surface area contributed by atoms with Crippen molar-refractivity contribution in [3.63, 3.8) is 0 Å². The zero-order valence-electron chi connectivity index (χ0n) is 10.8. The molecule has 0 radical (unpaired) electrons. The Morgan fingerprint density at radius 1 is 1.14 bits per heavy atom. The molecule has 0 aliphatic heterocycles. The topological polar surface area (TPSA) is 61.0 Å². The van der Waals surface area contributed by atoms with Crippen LogP contribution < -0.4 is 10.5 Å². The van der Waals surface area contributed by atoms with E-state index in [9.17, 15) is 0 Å². The first kappa shape index (κ1) is 13.7. The first-order valence-corrected chi connectivity index (χ1v) is 6.91. The minimum absolute atomic E-state index is 0.293. The molecule has 0 spiro atoms. The highest BCUT2D eigenvalue weighted by molar-refractivity contribution is 7.80. The number of rotatable bonds is 3. The van der Waals surface area contributed by atoms with Gasteiger partial charge in [-0.3, -0.25) is 4.98 Å². The summed E-state index contributed by atoms with van der Waals surface area (Å²) in [6.07, 6.45) is 3.28. The first-order chi connectivity index (χ1) is 10.1. The predicted molar refractivity (Wildman–Crippen MR) is 87.0 cm³/mol. The maximum Gasteiger partial charge on any atom is 0.219 e. The van der Waals surface area contributed by atoms with Crippen molar-refractivity contribution in [3.8, 4) is 11.6 Å². The lowest BCUT2D eigenvalue weighted by Gasteiger charge is -2.09. The van der Waals surface area contributed by atoms with Crippen LogP contribution in [-0.4, -0.2) is 15.0 Å². The highest BCUT2D eigenvalue weighted by atomic mass is 35.5. The fourth-order valence-corrected chi connectivity index (χ4v) is 2.27. The zero-order valence-corrected chi connectivity index (χ0v) is 12.4. The van der Waals surface area contributed by atoms with Gasteiger partial charge in [0.05, 0.1) is 5.02 Å². The molecule has 2 heterocycles. The molecule has 0 aliphatic carbocycles. The largest absolute Gasteiger partial charge is 0.437 e. The van der Waals surface area contributed by atoms with Gasteiger partial charge < -0.3 is 10.5 Å². The molecule has 0 atom stereocenters. The van der Waals surface area contributed by atoms with E-state index in [-0.39, 0.29) is 0 Å². The molecule has 0 amide bonds. The van der Waals surface area contributed by atoms with E-state index in [0.717, 1.165) is 5.39 Å². The Balaban J connectivity index is 2.04. The molecule has 0 saturated heterocycles. The predicted octanol–water partition coefficient (Wildman–Crippen LogP) is 3.71. The van der Waals surface area contributed by atoms with E-state index in [1.807, 2.05) is 12.1 Å². The summed E-state index contributed by atoms with van der Waals surface area (Å²) in [6.45, 7) is 0. The van der Waals surface area contributed by atoms with Gasteiger partial charge in [0.1, 0.15) is 10.5 Å². The number of nitrogens with zero attached hydrogens (tertiary/aromatic N) is 2. The average molecular weight is 316 g/mol. The number of ether oxygens (including phenoxy) is 1. The first-order valence-electron chi connectivity index (χ1n) is 6.12. The number of aromatic nitrogens is 2. The second-order valence-electron chi connectivity index (χ2n) is 4.29. The van der Waals surface area contributed by atoms with Gasteiger partial charge in [-0.25, -0.2) is 4.98 Å². The fraction of sp³-hybridized carbons (Fsp3) is 0. The quantitative estimate of drug-likeness (QED) is 0.747. The Bertz CT molecular complexity index is 838. The monoisotopic (exact) mass is 315 g/mol. The number of hydrogen-bond acceptors (Lipinski definition) is 4. The minimum Gasteiger partial charge on any atom is -0.437 e. The van der Waals surface area contributed by atoms with Crippen molar-refractivity contribution in [2.24, 2.45) is 5.73 Å². The number of pyridine rings is 2. The lowest BCUT2D eigenvalue weighted by molar-refractivity contribution is 0.467. The van der Waals surface area contributed by atoms with Crippen LogP contribution in [0.3, 0.4) is 0 Å². The van der Waals surface area contributed by atoms with Gasteiger partial charge >= 0.3 is 0 Å². The average Bonchev–Trinajstić information content (AvgIpc) is 2.51. The standard InChI is InChI=1S/C15H10ClN3OS/c16-11-3-4-12(14-10(11)2-1-6-19-14)20-13-8-9(15(17)21)5-7-18-13/h1-8H,(H2,17,21). The maximum absolute atomic E-state index is 6.15. The molecule has 6 heteroatoms. The number of nitrogens with two attached hydrogens (primary N) is 1. The van der Waals surface area contributed by atoms with Gasteiger partial charge in [-0.2, -0.15) is 0 Å². The molecule has 2 aromatic heterocycles. The molecule has 2 N–H and O–H groups in total. The summed E-state index contributed by atoms with van der Waals surface area (Å²) in [5, 5.41) is 1.44. The lowest BCUT2D eigenvalue weighted by atomic mass is 10.2. The molecule has 0 bridgehead atoms. The van der Waals surface area contributed by atoms with Crippen LogP contribution in [0.5, 0.6) is 11.6 Å². The molecular formula is C15H10ClN3OS. The molecule has 0 unspecified atom stereocenters. The second-order valence-corrected chi connectivity index (χ2v) is 5.14. The Morgan fingerprint density at radius 2 is 2.00 bits per heavy atom. The van der Waals surface area contributed by atoms with Crippen LogP contribution in [0.25, 0.3) is 10.9 Å². The van der Waals surface area contributed by atoms with E-state index in [0.29, 0.717) is 32.7 Å². The van der Waals surface area contributed by atoms with Crippen LogP contribution in [0.1, 0.15) is 5.56 Å². The van der Waals surface area contributed by atoms with Gasteiger partial charge in [0.2, 0.25) is 5.88 Å². The maximum atomic E-state index is 6.15. The Hall–Kier alpha value is -2.24. The normalized spacial score (nSPS) is 10.5. The van der Waals surface area contributed by atoms with Crippen LogP contribution in [0.4, 0.5) is 0 Å². The highest BCUT2D eigenvalue weighted by Crippen LogP contribution is 2.32. The van der Waals surface area contributed by atoms with Crippen LogP contribution in [-0.2, 0) is 0 Å². The van der Waals surface area contributed by atoms with Crippen molar-refractivity contribution >= 4 is 39.7 Å². The Kier molecular flexibility index (Phi) is 3.68. The van der Waals surface area contributed by atoms with Crippen molar-refractivity contribution in [2.45, 2.75) is 0 Å². The van der Waals surface area contributed by atoms with E-state index in [4.69, 9.17) is 34.3 Å². The number of thiocarbonyl (C=S) groups is 1. The molecule has 0 aliphatic rings. The Labute approximate surface area is 131 Å². The third-order valence-corrected chi connectivity index (χ3v) is 3.48. The van der Waals surface area contributed by atoms with E-state index in [1.165, 1.54) is 0 Å². The summed E-state index contributed by atoms with van der Waals surface area (Å²) in [6, 6.07) is 10.6. The van der Waals surface area contributed by atoms with Crippen LogP contribution >= 0.6 is 23.8 Å². The van der Waals surface area contributed by atoms with Gasteiger partial charge in [-0.1, -0.05) is 23.8 Å². The second kappa shape index (κ2) is 5.63. The molecular weight excluding hydrogens is 306 g/mol. The van der Waals surface area contributed by atoms with Crippen molar-refractivity contribution in [3.05, 3.63) is 59.4 Å². The van der Waals surface area contributed by atoms with Crippen molar-refractivity contribution < 1.29 is 4.74 Å². The summed E-state index contributed by atoms with van der Waals surface area (Å²) >= 11 is 11.1. The number of hydrogen-bond donors (Lipinski definition) is 1. The van der Waals surface area contributed by atoms with E-state index in [1.54, 1.807) is 36.7 Å². The summed E-state index contributed by atoms with van der Waals surface area (Å²) in [4.78, 5) is 8.75. The molecule has 21 heavy (non-hydrogen) atoms. The van der Waals surface area contributed by atoms with Crippen molar-refractivity contribution in [1.29, 1.82) is 0 Å².